The summed E-state index contributed by atoms with van der Waals surface area (Å²) in [6.45, 7) is 6.42. The molecule has 2 aromatic heterocycles. The van der Waals surface area contributed by atoms with E-state index in [1.807, 2.05) is 73.9 Å². The number of carbonyl (C=O) groups is 2. The minimum absolute atomic E-state index is 0.277. The van der Waals surface area contributed by atoms with Crippen molar-refractivity contribution < 1.29 is 9.59 Å². The molecular weight excluding hydrogens is 454 g/mol. The summed E-state index contributed by atoms with van der Waals surface area (Å²) in [5, 5.41) is 9.02. The molecule has 5 N–H and O–H groups in total. The number of carbonyl (C=O) groups excluding carboxylic acids is 2. The second kappa shape index (κ2) is 10.7. The number of nitrogens with zero attached hydrogens (tertiary/aromatic N) is 3. The number of pyridine rings is 1. The molecule has 36 heavy (non-hydrogen) atoms. The maximum Gasteiger partial charge on any atom is 0.271 e. The number of aromatic nitrogens is 3. The van der Waals surface area contributed by atoms with Crippen LogP contribution in [-0.4, -0.2) is 26.9 Å². The Labute approximate surface area is 209 Å². The van der Waals surface area contributed by atoms with E-state index in [-0.39, 0.29) is 5.91 Å². The summed E-state index contributed by atoms with van der Waals surface area (Å²) in [4.78, 5) is 32.8. The number of imidazole rings is 1. The zero-order valence-electron chi connectivity index (χ0n) is 20.5. The summed E-state index contributed by atoms with van der Waals surface area (Å²) >= 11 is 0. The van der Waals surface area contributed by atoms with E-state index in [4.69, 9.17) is 5.73 Å². The summed E-state index contributed by atoms with van der Waals surface area (Å²) in [7, 11) is 0. The molecule has 9 heteroatoms. The number of hydrogen-bond donors (Lipinski definition) is 4. The first-order valence-corrected chi connectivity index (χ1v) is 11.5. The fourth-order valence-electron chi connectivity index (χ4n) is 4.05. The van der Waals surface area contributed by atoms with Crippen LogP contribution in [0.2, 0.25) is 0 Å². The highest BCUT2D eigenvalue weighted by Gasteiger charge is 2.15. The van der Waals surface area contributed by atoms with E-state index in [0.29, 0.717) is 42.5 Å². The van der Waals surface area contributed by atoms with Crippen LogP contribution in [0.15, 0.2) is 60.8 Å². The van der Waals surface area contributed by atoms with Crippen LogP contribution in [0.5, 0.6) is 0 Å². The molecule has 0 spiro atoms. The SMILES string of the molecule is Cc1cc(N)nc(C)c1CNC(=O)c1cn(Cc2ccc(Nc3ccccc3)cc2NC=O)c(C)n1. The van der Waals surface area contributed by atoms with Gasteiger partial charge in [0.15, 0.2) is 0 Å². The molecule has 0 atom stereocenters. The molecular formula is C27H29N7O2. The van der Waals surface area contributed by atoms with Crippen molar-refractivity contribution in [2.75, 3.05) is 16.4 Å². The van der Waals surface area contributed by atoms with Crippen LogP contribution in [-0.2, 0) is 17.9 Å². The van der Waals surface area contributed by atoms with Gasteiger partial charge in [-0.3, -0.25) is 9.59 Å². The molecule has 0 aliphatic rings. The molecule has 0 bridgehead atoms. The largest absolute Gasteiger partial charge is 0.384 e. The summed E-state index contributed by atoms with van der Waals surface area (Å²) in [5.41, 5.74) is 12.2. The average Bonchev–Trinajstić information content (AvgIpc) is 3.21. The Morgan fingerprint density at radius 1 is 1.03 bits per heavy atom. The molecule has 0 unspecified atom stereocenters. The van der Waals surface area contributed by atoms with Crippen molar-refractivity contribution in [2.24, 2.45) is 0 Å². The predicted octanol–water partition coefficient (Wildman–Crippen LogP) is 4.08. The molecule has 0 radical (unpaired) electrons. The van der Waals surface area contributed by atoms with E-state index < -0.39 is 0 Å². The van der Waals surface area contributed by atoms with Crippen molar-refractivity contribution in [3.8, 4) is 0 Å². The molecule has 184 valence electrons. The Hall–Kier alpha value is -4.66. The number of nitrogen functional groups attached to an aromatic ring is 1. The maximum absolute atomic E-state index is 12.8. The number of nitrogens with two attached hydrogens (primary N) is 1. The zero-order valence-corrected chi connectivity index (χ0v) is 20.5. The predicted molar refractivity (Wildman–Crippen MR) is 141 cm³/mol. The molecule has 0 saturated heterocycles. The van der Waals surface area contributed by atoms with E-state index in [9.17, 15) is 9.59 Å². The smallest absolute Gasteiger partial charge is 0.271 e. The van der Waals surface area contributed by atoms with Crippen molar-refractivity contribution in [1.29, 1.82) is 0 Å². The number of hydrogen-bond acceptors (Lipinski definition) is 6. The highest BCUT2D eigenvalue weighted by atomic mass is 16.2. The normalized spacial score (nSPS) is 10.6. The quantitative estimate of drug-likeness (QED) is 0.266. The lowest BCUT2D eigenvalue weighted by atomic mass is 10.1. The van der Waals surface area contributed by atoms with Crippen molar-refractivity contribution >= 4 is 35.2 Å². The molecule has 2 aromatic carbocycles. The van der Waals surface area contributed by atoms with Crippen molar-refractivity contribution in [1.82, 2.24) is 19.9 Å². The molecule has 0 aliphatic carbocycles. The van der Waals surface area contributed by atoms with E-state index in [1.54, 1.807) is 12.3 Å². The van der Waals surface area contributed by atoms with Gasteiger partial charge in [-0.2, -0.15) is 0 Å². The molecule has 2 amide bonds. The van der Waals surface area contributed by atoms with Gasteiger partial charge < -0.3 is 26.3 Å². The number of nitrogens with one attached hydrogen (secondary N) is 3. The minimum Gasteiger partial charge on any atom is -0.384 e. The van der Waals surface area contributed by atoms with Gasteiger partial charge in [0.1, 0.15) is 17.3 Å². The summed E-state index contributed by atoms with van der Waals surface area (Å²) in [5.74, 6) is 0.869. The molecule has 4 rings (SSSR count). The van der Waals surface area contributed by atoms with Gasteiger partial charge >= 0.3 is 0 Å². The Morgan fingerprint density at radius 3 is 2.53 bits per heavy atom. The van der Waals surface area contributed by atoms with Crippen molar-refractivity contribution in [2.45, 2.75) is 33.9 Å². The van der Waals surface area contributed by atoms with Crippen LogP contribution >= 0.6 is 0 Å². The second-order valence-corrected chi connectivity index (χ2v) is 8.54. The van der Waals surface area contributed by atoms with Crippen LogP contribution in [0, 0.1) is 20.8 Å². The molecule has 9 nitrogen and oxygen atoms in total. The van der Waals surface area contributed by atoms with Crippen molar-refractivity contribution in [3.05, 3.63) is 94.7 Å². The van der Waals surface area contributed by atoms with Crippen molar-refractivity contribution in [3.63, 3.8) is 0 Å². The van der Waals surface area contributed by atoms with Gasteiger partial charge in [-0.05, 0) is 67.8 Å². The lowest BCUT2D eigenvalue weighted by Gasteiger charge is -2.13. The molecule has 4 aromatic rings. The van der Waals surface area contributed by atoms with Gasteiger partial charge in [-0.25, -0.2) is 9.97 Å². The van der Waals surface area contributed by atoms with Gasteiger partial charge in [0.05, 0.1) is 6.54 Å². The summed E-state index contributed by atoms with van der Waals surface area (Å²) in [6, 6.07) is 17.3. The highest BCUT2D eigenvalue weighted by molar-refractivity contribution is 5.92. The topological polar surface area (TPSA) is 127 Å². The first-order chi connectivity index (χ1) is 17.3. The first-order valence-electron chi connectivity index (χ1n) is 11.5. The second-order valence-electron chi connectivity index (χ2n) is 8.54. The molecule has 0 aliphatic heterocycles. The summed E-state index contributed by atoms with van der Waals surface area (Å²) in [6.07, 6.45) is 2.37. The minimum atomic E-state index is -0.277. The third-order valence-electron chi connectivity index (χ3n) is 5.94. The Bertz CT molecular complexity index is 1370. The lowest BCUT2D eigenvalue weighted by Crippen LogP contribution is -2.24. The van der Waals surface area contributed by atoms with Gasteiger partial charge in [0, 0.05) is 35.5 Å². The van der Waals surface area contributed by atoms with Gasteiger partial charge in [-0.1, -0.05) is 24.3 Å². The lowest BCUT2D eigenvalue weighted by molar-refractivity contribution is -0.105. The van der Waals surface area contributed by atoms with Gasteiger partial charge in [-0.15, -0.1) is 0 Å². The summed E-state index contributed by atoms with van der Waals surface area (Å²) < 4.78 is 1.88. The first kappa shape index (κ1) is 24.5. The number of aryl methyl sites for hydroxylation is 3. The van der Waals surface area contributed by atoms with Crippen LogP contribution in [0.1, 0.15) is 38.7 Å². The monoisotopic (exact) mass is 483 g/mol. The van der Waals surface area contributed by atoms with E-state index in [1.165, 1.54) is 0 Å². The van der Waals surface area contributed by atoms with E-state index in [0.717, 1.165) is 33.8 Å². The number of anilines is 4. The van der Waals surface area contributed by atoms with Gasteiger partial charge in [0.25, 0.3) is 5.91 Å². The fraction of sp³-hybridized carbons (Fsp3) is 0.185. The number of rotatable bonds is 9. The standard InChI is InChI=1S/C27H29N7O2/c1-17-11-26(28)31-18(2)23(17)13-29-27(36)25-15-34(19(3)32-25)14-20-9-10-22(12-24(20)30-16-35)33-21-7-5-4-6-8-21/h4-12,15-16,33H,13-14H2,1-3H3,(H2,28,31)(H,29,36)(H,30,35). The van der Waals surface area contributed by atoms with Crippen LogP contribution in [0.25, 0.3) is 0 Å². The zero-order chi connectivity index (χ0) is 25.7. The van der Waals surface area contributed by atoms with Gasteiger partial charge in [0.2, 0.25) is 6.41 Å². The third kappa shape index (κ3) is 5.69. The number of benzene rings is 2. The number of para-hydroxylation sites is 1. The van der Waals surface area contributed by atoms with Crippen LogP contribution in [0.3, 0.4) is 0 Å². The highest BCUT2D eigenvalue weighted by Crippen LogP contribution is 2.25. The maximum atomic E-state index is 12.8. The molecule has 0 fully saturated rings. The van der Waals surface area contributed by atoms with Crippen LogP contribution < -0.4 is 21.7 Å². The molecule has 2 heterocycles. The third-order valence-corrected chi connectivity index (χ3v) is 5.94. The van der Waals surface area contributed by atoms with Crippen LogP contribution in [0.4, 0.5) is 22.9 Å². The number of amides is 2. The fourth-order valence-corrected chi connectivity index (χ4v) is 4.05. The average molecular weight is 484 g/mol. The van der Waals surface area contributed by atoms with E-state index in [2.05, 4.69) is 25.9 Å². The Balaban J connectivity index is 1.48. The Morgan fingerprint density at radius 2 is 1.81 bits per heavy atom. The Kier molecular flexibility index (Phi) is 7.29. The van der Waals surface area contributed by atoms with E-state index >= 15 is 0 Å². The molecule has 0 saturated carbocycles.